The molecule has 0 spiro atoms. The van der Waals surface area contributed by atoms with Crippen LogP contribution in [-0.4, -0.2) is 39.0 Å². The smallest absolute Gasteiger partial charge is 0.274 e. The van der Waals surface area contributed by atoms with Gasteiger partial charge in [-0.25, -0.2) is 0 Å². The van der Waals surface area contributed by atoms with E-state index >= 15 is 0 Å². The van der Waals surface area contributed by atoms with Crippen LogP contribution < -0.4 is 5.43 Å². The van der Waals surface area contributed by atoms with Crippen molar-refractivity contribution in [3.05, 3.63) is 34.4 Å². The topological polar surface area (TPSA) is 92.1 Å². The van der Waals surface area contributed by atoms with Crippen LogP contribution in [0.5, 0.6) is 0 Å². The van der Waals surface area contributed by atoms with E-state index < -0.39 is 0 Å². The van der Waals surface area contributed by atoms with Crippen LogP contribution in [0.2, 0.25) is 0 Å². The maximum absolute atomic E-state index is 12.1. The van der Waals surface area contributed by atoms with Gasteiger partial charge in [0, 0.05) is 43.8 Å². The number of carbonyl (C=O) groups is 1. The highest BCUT2D eigenvalue weighted by Crippen LogP contribution is 2.31. The summed E-state index contributed by atoms with van der Waals surface area (Å²) in [5.74, 6) is 1.90. The number of nitrogens with one attached hydrogen (secondary N) is 1. The maximum atomic E-state index is 12.1. The van der Waals surface area contributed by atoms with Crippen molar-refractivity contribution >= 4 is 5.91 Å². The van der Waals surface area contributed by atoms with Crippen LogP contribution >= 0.6 is 0 Å². The predicted octanol–water partition coefficient (Wildman–Crippen LogP) is 1.93. The molecule has 1 N–H and O–H groups in total. The molecule has 7 heteroatoms. The minimum Gasteiger partial charge on any atom is -0.357 e. The summed E-state index contributed by atoms with van der Waals surface area (Å²) in [6.45, 7) is 1.51. The zero-order valence-electron chi connectivity index (χ0n) is 13.4. The number of hydrogen-bond donors (Lipinski definition) is 1. The van der Waals surface area contributed by atoms with Gasteiger partial charge in [0.15, 0.2) is 11.3 Å². The molecule has 4 rings (SSSR count). The largest absolute Gasteiger partial charge is 0.357 e. The zero-order valence-corrected chi connectivity index (χ0v) is 13.4. The first-order valence-corrected chi connectivity index (χ1v) is 8.49. The number of hydrogen-bond acceptors (Lipinski definition) is 5. The normalized spacial score (nSPS) is 21.8. The van der Waals surface area contributed by atoms with E-state index in [2.05, 4.69) is 15.1 Å². The Hall–Kier alpha value is -2.44. The molecule has 126 valence electrons. The quantitative estimate of drug-likeness (QED) is 0.926. The highest BCUT2D eigenvalue weighted by atomic mass is 16.5. The Morgan fingerprint density at radius 3 is 2.92 bits per heavy atom. The third kappa shape index (κ3) is 2.98. The first-order chi connectivity index (χ1) is 11.7. The minimum atomic E-state index is -0.113. The monoisotopic (exact) mass is 328 g/mol. The second kappa shape index (κ2) is 6.22. The molecule has 0 aromatic carbocycles. The lowest BCUT2D eigenvalue weighted by Crippen LogP contribution is -2.43. The van der Waals surface area contributed by atoms with Gasteiger partial charge in [-0.3, -0.25) is 9.59 Å². The highest BCUT2D eigenvalue weighted by Gasteiger charge is 2.32. The van der Waals surface area contributed by atoms with Crippen molar-refractivity contribution in [1.82, 2.24) is 20.0 Å². The zero-order chi connectivity index (χ0) is 16.5. The molecule has 1 aliphatic carbocycles. The Balaban J connectivity index is 1.49. The molecule has 2 fully saturated rings. The second-order valence-electron chi connectivity index (χ2n) is 6.73. The summed E-state index contributed by atoms with van der Waals surface area (Å²) in [7, 11) is 0. The fourth-order valence-corrected chi connectivity index (χ4v) is 3.37. The number of aromatic nitrogens is 3. The second-order valence-corrected chi connectivity index (χ2v) is 6.73. The van der Waals surface area contributed by atoms with Crippen molar-refractivity contribution in [2.75, 3.05) is 13.1 Å². The van der Waals surface area contributed by atoms with Gasteiger partial charge in [-0.15, -0.1) is 0 Å². The number of carbonyl (C=O) groups excluding carboxylic acids is 1. The van der Waals surface area contributed by atoms with Gasteiger partial charge in [-0.1, -0.05) is 11.6 Å². The van der Waals surface area contributed by atoms with E-state index in [0.717, 1.165) is 13.0 Å². The summed E-state index contributed by atoms with van der Waals surface area (Å²) in [4.78, 5) is 32.9. The molecule has 24 heavy (non-hydrogen) atoms. The van der Waals surface area contributed by atoms with Crippen LogP contribution in [0.25, 0.3) is 11.6 Å². The molecular formula is C17H20N4O3. The molecule has 2 aromatic rings. The molecule has 2 aromatic heterocycles. The molecule has 0 radical (unpaired) electrons. The molecular weight excluding hydrogens is 308 g/mol. The van der Waals surface area contributed by atoms with E-state index in [1.54, 1.807) is 6.20 Å². The van der Waals surface area contributed by atoms with Gasteiger partial charge < -0.3 is 14.4 Å². The maximum Gasteiger partial charge on any atom is 0.274 e. The third-order valence-corrected chi connectivity index (χ3v) is 5.01. The van der Waals surface area contributed by atoms with Gasteiger partial charge in [-0.05, 0) is 25.2 Å². The third-order valence-electron chi connectivity index (χ3n) is 5.01. The van der Waals surface area contributed by atoms with Crippen LogP contribution in [0, 0.1) is 5.92 Å². The van der Waals surface area contributed by atoms with E-state index in [4.69, 9.17) is 4.52 Å². The lowest BCUT2D eigenvalue weighted by atomic mass is 9.84. The predicted molar refractivity (Wildman–Crippen MR) is 86.3 cm³/mol. The molecule has 3 heterocycles. The number of piperidine rings is 1. The molecule has 0 bridgehead atoms. The molecule has 7 nitrogen and oxygen atoms in total. The number of aromatic amines is 1. The number of pyridine rings is 1. The fourth-order valence-electron chi connectivity index (χ4n) is 3.37. The van der Waals surface area contributed by atoms with Crippen molar-refractivity contribution in [3.63, 3.8) is 0 Å². The lowest BCUT2D eigenvalue weighted by Gasteiger charge is -2.36. The Morgan fingerprint density at radius 2 is 2.17 bits per heavy atom. The number of likely N-dealkylation sites (tertiary alicyclic amines) is 1. The van der Waals surface area contributed by atoms with E-state index in [1.165, 1.54) is 31.4 Å². The van der Waals surface area contributed by atoms with Crippen molar-refractivity contribution in [2.45, 2.75) is 38.0 Å². The Labute approximate surface area is 139 Å². The Bertz CT molecular complexity index is 793. The first-order valence-electron chi connectivity index (χ1n) is 8.49. The summed E-state index contributed by atoms with van der Waals surface area (Å²) >= 11 is 0. The first kappa shape index (κ1) is 15.1. The number of H-pyrrole nitrogens is 1. The van der Waals surface area contributed by atoms with Gasteiger partial charge in [-0.2, -0.15) is 4.98 Å². The summed E-state index contributed by atoms with van der Waals surface area (Å²) in [5, 5.41) is 4.07. The summed E-state index contributed by atoms with van der Waals surface area (Å²) < 4.78 is 5.30. The molecule has 1 aliphatic heterocycles. The summed E-state index contributed by atoms with van der Waals surface area (Å²) in [6, 6.07) is 2.87. The number of amides is 1. The van der Waals surface area contributed by atoms with Crippen LogP contribution in [0.1, 0.15) is 43.8 Å². The van der Waals surface area contributed by atoms with Gasteiger partial charge >= 0.3 is 0 Å². The van der Waals surface area contributed by atoms with E-state index in [-0.39, 0.29) is 17.3 Å². The van der Waals surface area contributed by atoms with Crippen molar-refractivity contribution in [1.29, 1.82) is 0 Å². The summed E-state index contributed by atoms with van der Waals surface area (Å²) in [6.07, 6.45) is 6.55. The van der Waals surface area contributed by atoms with E-state index in [0.29, 0.717) is 36.3 Å². The molecule has 1 atom stereocenters. The van der Waals surface area contributed by atoms with Crippen LogP contribution in [0.3, 0.4) is 0 Å². The Morgan fingerprint density at radius 1 is 1.29 bits per heavy atom. The molecule has 1 saturated heterocycles. The van der Waals surface area contributed by atoms with E-state index in [1.807, 2.05) is 4.90 Å². The average Bonchev–Trinajstić information content (AvgIpc) is 3.02. The molecule has 1 amide bonds. The fraction of sp³-hybridized carbons (Fsp3) is 0.529. The highest BCUT2D eigenvalue weighted by molar-refractivity contribution is 5.77. The summed E-state index contributed by atoms with van der Waals surface area (Å²) in [5.41, 5.74) is 0.401. The Kier molecular flexibility index (Phi) is 3.92. The van der Waals surface area contributed by atoms with E-state index in [9.17, 15) is 9.59 Å². The van der Waals surface area contributed by atoms with Crippen LogP contribution in [0.4, 0.5) is 0 Å². The van der Waals surface area contributed by atoms with Gasteiger partial charge in [0.25, 0.3) is 5.89 Å². The number of rotatable bonds is 4. The van der Waals surface area contributed by atoms with Gasteiger partial charge in [0.1, 0.15) is 5.69 Å². The standard InChI is InChI=1S/C17H20N4O3/c22-13-6-7-18-14(8-13)17-19-16(20-24-17)12-4-5-15(23)21(10-12)9-11-2-1-3-11/h6-8,11-12H,1-5,9-10H2,(H,18,22). The van der Waals surface area contributed by atoms with Gasteiger partial charge in [0.05, 0.1) is 0 Å². The molecule has 1 saturated carbocycles. The van der Waals surface area contributed by atoms with Crippen molar-refractivity contribution in [2.24, 2.45) is 5.92 Å². The van der Waals surface area contributed by atoms with Gasteiger partial charge in [0.2, 0.25) is 5.91 Å². The van der Waals surface area contributed by atoms with Crippen LogP contribution in [-0.2, 0) is 4.79 Å². The lowest BCUT2D eigenvalue weighted by molar-refractivity contribution is -0.135. The van der Waals surface area contributed by atoms with Crippen molar-refractivity contribution in [3.8, 4) is 11.6 Å². The SMILES string of the molecule is O=C1CCC(c2noc(-c3cc(=O)cc[nH]3)n2)CN1CC1CCC1. The van der Waals surface area contributed by atoms with Crippen LogP contribution in [0.15, 0.2) is 27.6 Å². The molecule has 2 aliphatic rings. The minimum absolute atomic E-state index is 0.0933. The number of nitrogens with zero attached hydrogens (tertiary/aromatic N) is 3. The average molecular weight is 328 g/mol. The molecule has 1 unspecified atom stereocenters. The van der Waals surface area contributed by atoms with Crippen molar-refractivity contribution < 1.29 is 9.32 Å².